The highest BCUT2D eigenvalue weighted by Crippen LogP contribution is 2.25. The number of benzene rings is 1. The van der Waals surface area contributed by atoms with Crippen molar-refractivity contribution in [2.45, 2.75) is 23.1 Å². The van der Waals surface area contributed by atoms with Gasteiger partial charge in [-0.1, -0.05) is 17.7 Å². The SMILES string of the molecule is O=C(c1ccc([N+](=O)[O-])cc1Cl)N1CCC(NS(=O)(=O)c2cccs2)CC1. The largest absolute Gasteiger partial charge is 0.338 e. The van der Waals surface area contributed by atoms with Crippen molar-refractivity contribution in [1.29, 1.82) is 0 Å². The molecule has 0 radical (unpaired) electrons. The van der Waals surface area contributed by atoms with Gasteiger partial charge in [0.05, 0.1) is 15.5 Å². The van der Waals surface area contributed by atoms with Crippen LogP contribution in [0.4, 0.5) is 5.69 Å². The smallest absolute Gasteiger partial charge is 0.270 e. The van der Waals surface area contributed by atoms with Gasteiger partial charge in [0.25, 0.3) is 11.6 Å². The predicted octanol–water partition coefficient (Wildman–Crippen LogP) is 2.89. The van der Waals surface area contributed by atoms with Crippen LogP contribution >= 0.6 is 22.9 Å². The van der Waals surface area contributed by atoms with Crippen LogP contribution in [0.2, 0.25) is 5.02 Å². The van der Waals surface area contributed by atoms with Crippen molar-refractivity contribution in [1.82, 2.24) is 9.62 Å². The average molecular weight is 430 g/mol. The maximum Gasteiger partial charge on any atom is 0.270 e. The number of nitrogens with one attached hydrogen (secondary N) is 1. The number of nitro benzene ring substituents is 1. The van der Waals surface area contributed by atoms with E-state index >= 15 is 0 Å². The summed E-state index contributed by atoms with van der Waals surface area (Å²) in [7, 11) is -3.55. The Kier molecular flexibility index (Phi) is 5.80. The summed E-state index contributed by atoms with van der Waals surface area (Å²) in [5.41, 5.74) is 0.0122. The summed E-state index contributed by atoms with van der Waals surface area (Å²) in [6, 6.07) is 6.69. The van der Waals surface area contributed by atoms with Crippen molar-refractivity contribution >= 4 is 44.6 Å². The van der Waals surface area contributed by atoms with Crippen LogP contribution in [0.1, 0.15) is 23.2 Å². The average Bonchev–Trinajstić information content (AvgIpc) is 3.17. The third kappa shape index (κ3) is 4.46. The molecule has 2 heterocycles. The van der Waals surface area contributed by atoms with E-state index in [2.05, 4.69) is 4.72 Å². The number of amides is 1. The van der Waals surface area contributed by atoms with E-state index in [0.717, 1.165) is 17.4 Å². The molecule has 0 aliphatic carbocycles. The van der Waals surface area contributed by atoms with Crippen molar-refractivity contribution in [3.63, 3.8) is 0 Å². The third-order valence-corrected chi connectivity index (χ3v) is 7.49. The topological polar surface area (TPSA) is 110 Å². The Morgan fingerprint density at radius 1 is 1.30 bits per heavy atom. The van der Waals surface area contributed by atoms with Gasteiger partial charge in [0.2, 0.25) is 10.0 Å². The minimum absolute atomic E-state index is 0.0229. The molecule has 3 rings (SSSR count). The van der Waals surface area contributed by atoms with Crippen molar-refractivity contribution in [2.75, 3.05) is 13.1 Å². The zero-order chi connectivity index (χ0) is 19.6. The number of hydrogen-bond donors (Lipinski definition) is 1. The molecule has 2 aromatic rings. The molecule has 1 aliphatic rings. The summed E-state index contributed by atoms with van der Waals surface area (Å²) >= 11 is 7.17. The first-order chi connectivity index (χ1) is 12.8. The number of thiophene rings is 1. The van der Waals surface area contributed by atoms with E-state index in [1.807, 2.05) is 0 Å². The number of halogens is 1. The highest BCUT2D eigenvalue weighted by Gasteiger charge is 2.28. The number of sulfonamides is 1. The molecule has 27 heavy (non-hydrogen) atoms. The molecule has 1 saturated heterocycles. The number of piperidine rings is 1. The minimum atomic E-state index is -3.55. The number of nitrogens with zero attached hydrogens (tertiary/aromatic N) is 2. The van der Waals surface area contributed by atoms with Gasteiger partial charge in [0.15, 0.2) is 0 Å². The maximum atomic E-state index is 12.6. The van der Waals surface area contributed by atoms with Gasteiger partial charge in [-0.2, -0.15) is 0 Å². The molecule has 0 spiro atoms. The van der Waals surface area contributed by atoms with Crippen LogP contribution in [0.15, 0.2) is 39.9 Å². The molecule has 8 nitrogen and oxygen atoms in total. The molecule has 1 aromatic carbocycles. The molecule has 0 atom stereocenters. The number of likely N-dealkylation sites (tertiary alicyclic amines) is 1. The summed E-state index contributed by atoms with van der Waals surface area (Å²) in [6.07, 6.45) is 0.946. The molecule has 1 fully saturated rings. The summed E-state index contributed by atoms with van der Waals surface area (Å²) in [6.45, 7) is 0.730. The van der Waals surface area contributed by atoms with Crippen LogP contribution in [0.25, 0.3) is 0 Å². The number of carbonyl (C=O) groups excluding carboxylic acids is 1. The Balaban J connectivity index is 1.62. The normalized spacial score (nSPS) is 15.7. The molecule has 1 N–H and O–H groups in total. The lowest BCUT2D eigenvalue weighted by Gasteiger charge is -2.32. The van der Waals surface area contributed by atoms with Crippen LogP contribution in [0, 0.1) is 10.1 Å². The van der Waals surface area contributed by atoms with E-state index < -0.39 is 14.9 Å². The maximum absolute atomic E-state index is 12.6. The zero-order valence-corrected chi connectivity index (χ0v) is 16.4. The van der Waals surface area contributed by atoms with Gasteiger partial charge in [0, 0.05) is 31.3 Å². The van der Waals surface area contributed by atoms with E-state index in [1.54, 1.807) is 22.4 Å². The molecule has 0 bridgehead atoms. The molecular formula is C16H16ClN3O5S2. The molecule has 1 aromatic heterocycles. The number of hydrogen-bond acceptors (Lipinski definition) is 6. The third-order valence-electron chi connectivity index (χ3n) is 4.26. The van der Waals surface area contributed by atoms with Crippen LogP contribution < -0.4 is 4.72 Å². The first-order valence-electron chi connectivity index (χ1n) is 8.07. The summed E-state index contributed by atoms with van der Waals surface area (Å²) in [5.74, 6) is -0.325. The van der Waals surface area contributed by atoms with E-state index in [4.69, 9.17) is 11.6 Å². The predicted molar refractivity (Wildman–Crippen MR) is 102 cm³/mol. The standard InChI is InChI=1S/C16H16ClN3O5S2/c17-14-10-12(20(22)23)3-4-13(14)16(21)19-7-5-11(6-8-19)18-27(24,25)15-2-1-9-26-15/h1-4,9-11,18H,5-8H2. The summed E-state index contributed by atoms with van der Waals surface area (Å²) < 4.78 is 27.5. The zero-order valence-electron chi connectivity index (χ0n) is 14.0. The fourth-order valence-corrected chi connectivity index (χ4v) is 5.43. The van der Waals surface area contributed by atoms with Crippen LogP contribution in [0.3, 0.4) is 0 Å². The highest BCUT2D eigenvalue weighted by atomic mass is 35.5. The lowest BCUT2D eigenvalue weighted by atomic mass is 10.0. The van der Waals surface area contributed by atoms with E-state index in [-0.39, 0.29) is 32.4 Å². The van der Waals surface area contributed by atoms with Gasteiger partial charge in [-0.05, 0) is 30.4 Å². The fourth-order valence-electron chi connectivity index (χ4n) is 2.86. The molecule has 1 amide bonds. The van der Waals surface area contributed by atoms with Crippen molar-refractivity contribution in [3.05, 3.63) is 56.4 Å². The van der Waals surface area contributed by atoms with Gasteiger partial charge in [-0.15, -0.1) is 11.3 Å². The Morgan fingerprint density at radius 3 is 2.56 bits per heavy atom. The second-order valence-corrected chi connectivity index (χ2v) is 9.34. The molecule has 11 heteroatoms. The monoisotopic (exact) mass is 429 g/mol. The molecule has 144 valence electrons. The van der Waals surface area contributed by atoms with Gasteiger partial charge < -0.3 is 4.90 Å². The molecular weight excluding hydrogens is 414 g/mol. The summed E-state index contributed by atoms with van der Waals surface area (Å²) in [4.78, 5) is 24.4. The molecule has 1 aliphatic heterocycles. The number of nitro groups is 1. The Bertz CT molecular complexity index is 954. The van der Waals surface area contributed by atoms with Crippen molar-refractivity contribution in [2.24, 2.45) is 0 Å². The number of rotatable bonds is 5. The Hall–Kier alpha value is -2.01. The van der Waals surface area contributed by atoms with E-state index in [0.29, 0.717) is 25.9 Å². The molecule has 0 unspecified atom stereocenters. The fraction of sp³-hybridized carbons (Fsp3) is 0.312. The minimum Gasteiger partial charge on any atom is -0.338 e. The second-order valence-electron chi connectivity index (χ2n) is 6.04. The number of carbonyl (C=O) groups is 1. The quantitative estimate of drug-likeness (QED) is 0.580. The van der Waals surface area contributed by atoms with Gasteiger partial charge >= 0.3 is 0 Å². The van der Waals surface area contributed by atoms with E-state index in [9.17, 15) is 23.3 Å². The Morgan fingerprint density at radius 2 is 2.00 bits per heavy atom. The van der Waals surface area contributed by atoms with Gasteiger partial charge in [0.1, 0.15) is 4.21 Å². The van der Waals surface area contributed by atoms with Crippen LogP contribution in [-0.2, 0) is 10.0 Å². The molecule has 0 saturated carbocycles. The first kappa shape index (κ1) is 19.7. The van der Waals surface area contributed by atoms with Crippen LogP contribution in [0.5, 0.6) is 0 Å². The van der Waals surface area contributed by atoms with Crippen molar-refractivity contribution in [3.8, 4) is 0 Å². The van der Waals surface area contributed by atoms with Gasteiger partial charge in [-0.25, -0.2) is 13.1 Å². The van der Waals surface area contributed by atoms with Crippen molar-refractivity contribution < 1.29 is 18.1 Å². The second kappa shape index (κ2) is 7.93. The highest BCUT2D eigenvalue weighted by molar-refractivity contribution is 7.91. The Labute approximate surface area is 165 Å². The number of non-ortho nitro benzene ring substituents is 1. The van der Waals surface area contributed by atoms with E-state index in [1.165, 1.54) is 12.1 Å². The lowest BCUT2D eigenvalue weighted by molar-refractivity contribution is -0.384. The lowest BCUT2D eigenvalue weighted by Crippen LogP contribution is -2.46. The summed E-state index contributed by atoms with van der Waals surface area (Å²) in [5, 5.41) is 12.5. The first-order valence-corrected chi connectivity index (χ1v) is 10.8. The van der Waals surface area contributed by atoms with Crippen LogP contribution in [-0.4, -0.2) is 43.3 Å². The van der Waals surface area contributed by atoms with Gasteiger partial charge in [-0.3, -0.25) is 14.9 Å².